The van der Waals surface area contributed by atoms with E-state index in [4.69, 9.17) is 5.73 Å². The van der Waals surface area contributed by atoms with Crippen LogP contribution in [-0.4, -0.2) is 6.54 Å². The first-order valence-electron chi connectivity index (χ1n) is 4.18. The maximum atomic E-state index is 12.3. The first-order chi connectivity index (χ1) is 6.95. The van der Waals surface area contributed by atoms with Gasteiger partial charge in [-0.25, -0.2) is 0 Å². The van der Waals surface area contributed by atoms with E-state index in [-0.39, 0.29) is 0 Å². The molecule has 0 unspecified atom stereocenters. The average Bonchev–Trinajstić information content (AvgIpc) is 2.14. The van der Waals surface area contributed by atoms with Gasteiger partial charge in [-0.3, -0.25) is 0 Å². The summed E-state index contributed by atoms with van der Waals surface area (Å²) in [4.78, 5) is 0. The van der Waals surface area contributed by atoms with Gasteiger partial charge in [0, 0.05) is 11.0 Å². The molecule has 0 bridgehead atoms. The van der Waals surface area contributed by atoms with Crippen molar-refractivity contribution >= 4 is 22.0 Å². The highest BCUT2D eigenvalue weighted by Crippen LogP contribution is 2.32. The Balaban J connectivity index is 3.04. The van der Waals surface area contributed by atoms with Crippen LogP contribution in [0.5, 0.6) is 0 Å². The van der Waals surface area contributed by atoms with Crippen LogP contribution in [-0.2, 0) is 6.18 Å². The molecule has 5 heteroatoms. The van der Waals surface area contributed by atoms with E-state index in [1.807, 2.05) is 0 Å². The van der Waals surface area contributed by atoms with E-state index in [0.29, 0.717) is 16.6 Å². The van der Waals surface area contributed by atoms with E-state index >= 15 is 0 Å². The monoisotopic (exact) mass is 279 g/mol. The van der Waals surface area contributed by atoms with Crippen LogP contribution in [0.15, 0.2) is 28.7 Å². The van der Waals surface area contributed by atoms with Crippen LogP contribution in [0, 0.1) is 0 Å². The van der Waals surface area contributed by atoms with E-state index in [2.05, 4.69) is 15.9 Å². The number of hydrogen-bond acceptors (Lipinski definition) is 1. The van der Waals surface area contributed by atoms with Crippen LogP contribution in [0.2, 0.25) is 0 Å². The summed E-state index contributed by atoms with van der Waals surface area (Å²) in [5.41, 5.74) is 5.25. The summed E-state index contributed by atoms with van der Waals surface area (Å²) in [5, 5.41) is 0. The van der Waals surface area contributed by atoms with E-state index < -0.39 is 11.7 Å². The molecular formula is C10H9BrF3N. The molecule has 1 rings (SSSR count). The van der Waals surface area contributed by atoms with Crippen LogP contribution in [0.25, 0.3) is 6.08 Å². The number of benzene rings is 1. The van der Waals surface area contributed by atoms with Crippen LogP contribution >= 0.6 is 15.9 Å². The standard InChI is InChI=1S/C10H9BrF3N/c11-9-6-8(10(12,13)14)4-3-7(9)2-1-5-15/h1-4,6H,5,15H2/b2-1+. The molecule has 82 valence electrons. The lowest BCUT2D eigenvalue weighted by Crippen LogP contribution is -2.04. The minimum atomic E-state index is -4.31. The zero-order valence-electron chi connectivity index (χ0n) is 7.68. The molecule has 0 aliphatic rings. The molecule has 15 heavy (non-hydrogen) atoms. The molecule has 0 heterocycles. The molecule has 0 aromatic heterocycles. The zero-order chi connectivity index (χ0) is 11.5. The highest BCUT2D eigenvalue weighted by atomic mass is 79.9. The fourth-order valence-corrected chi connectivity index (χ4v) is 1.54. The van der Waals surface area contributed by atoms with Crippen LogP contribution in [0.3, 0.4) is 0 Å². The van der Waals surface area contributed by atoms with Crippen LogP contribution in [0.1, 0.15) is 11.1 Å². The first kappa shape index (κ1) is 12.3. The smallest absolute Gasteiger partial charge is 0.327 e. The molecule has 1 aromatic rings. The van der Waals surface area contributed by atoms with Gasteiger partial charge in [0.15, 0.2) is 0 Å². The minimum Gasteiger partial charge on any atom is -0.327 e. The van der Waals surface area contributed by atoms with E-state index in [1.54, 1.807) is 12.2 Å². The summed E-state index contributed by atoms with van der Waals surface area (Å²) in [7, 11) is 0. The van der Waals surface area contributed by atoms with Gasteiger partial charge in [-0.2, -0.15) is 13.2 Å². The second kappa shape index (κ2) is 4.81. The van der Waals surface area contributed by atoms with Crippen molar-refractivity contribution in [3.8, 4) is 0 Å². The fraction of sp³-hybridized carbons (Fsp3) is 0.200. The van der Waals surface area contributed by atoms with E-state index in [1.165, 1.54) is 6.07 Å². The Labute approximate surface area is 93.9 Å². The van der Waals surface area contributed by atoms with Gasteiger partial charge in [0.2, 0.25) is 0 Å². The van der Waals surface area contributed by atoms with Gasteiger partial charge >= 0.3 is 6.18 Å². The van der Waals surface area contributed by atoms with Crippen molar-refractivity contribution in [2.75, 3.05) is 6.54 Å². The highest BCUT2D eigenvalue weighted by Gasteiger charge is 2.30. The largest absolute Gasteiger partial charge is 0.416 e. The van der Waals surface area contributed by atoms with Gasteiger partial charge < -0.3 is 5.73 Å². The molecule has 0 saturated heterocycles. The topological polar surface area (TPSA) is 26.0 Å². The summed E-state index contributed by atoms with van der Waals surface area (Å²) in [6.45, 7) is 0.355. The van der Waals surface area contributed by atoms with Gasteiger partial charge in [0.1, 0.15) is 0 Å². The van der Waals surface area contributed by atoms with Crippen molar-refractivity contribution in [2.24, 2.45) is 5.73 Å². The number of halogens is 4. The molecule has 0 spiro atoms. The molecule has 0 radical (unpaired) electrons. The zero-order valence-corrected chi connectivity index (χ0v) is 9.27. The molecule has 1 nitrogen and oxygen atoms in total. The summed E-state index contributed by atoms with van der Waals surface area (Å²) < 4.78 is 37.3. The Morgan fingerprint density at radius 2 is 2.00 bits per heavy atom. The molecule has 0 atom stereocenters. The Bertz CT molecular complexity index is 371. The molecule has 0 aliphatic heterocycles. The third kappa shape index (κ3) is 3.35. The quantitative estimate of drug-likeness (QED) is 0.882. The average molecular weight is 280 g/mol. The predicted octanol–water partition coefficient (Wildman–Crippen LogP) is 3.44. The van der Waals surface area contributed by atoms with Crippen LogP contribution < -0.4 is 5.73 Å². The third-order valence-corrected chi connectivity index (χ3v) is 2.45. The van der Waals surface area contributed by atoms with Gasteiger partial charge in [0.25, 0.3) is 0 Å². The number of nitrogens with two attached hydrogens (primary N) is 1. The Morgan fingerprint density at radius 3 is 2.47 bits per heavy atom. The molecule has 0 aliphatic carbocycles. The van der Waals surface area contributed by atoms with Gasteiger partial charge in [-0.15, -0.1) is 0 Å². The summed E-state index contributed by atoms with van der Waals surface area (Å²) >= 11 is 3.08. The Hall–Kier alpha value is -0.810. The van der Waals surface area contributed by atoms with E-state index in [9.17, 15) is 13.2 Å². The lowest BCUT2D eigenvalue weighted by molar-refractivity contribution is -0.137. The lowest BCUT2D eigenvalue weighted by Gasteiger charge is -2.08. The number of alkyl halides is 3. The van der Waals surface area contributed by atoms with Gasteiger partial charge in [-0.05, 0) is 17.7 Å². The summed E-state index contributed by atoms with van der Waals surface area (Å²) in [6, 6.07) is 3.50. The normalized spacial score (nSPS) is 12.3. The van der Waals surface area contributed by atoms with E-state index in [0.717, 1.165) is 12.1 Å². The second-order valence-corrected chi connectivity index (χ2v) is 3.73. The first-order valence-corrected chi connectivity index (χ1v) is 4.98. The Kier molecular flexibility index (Phi) is 3.93. The maximum absolute atomic E-state index is 12.3. The Morgan fingerprint density at radius 1 is 1.33 bits per heavy atom. The molecule has 0 saturated carbocycles. The van der Waals surface area contributed by atoms with Gasteiger partial charge in [0.05, 0.1) is 5.56 Å². The van der Waals surface area contributed by atoms with Gasteiger partial charge in [-0.1, -0.05) is 34.1 Å². The van der Waals surface area contributed by atoms with Crippen molar-refractivity contribution in [1.29, 1.82) is 0 Å². The lowest BCUT2D eigenvalue weighted by atomic mass is 10.1. The number of rotatable bonds is 2. The highest BCUT2D eigenvalue weighted by molar-refractivity contribution is 9.10. The van der Waals surface area contributed by atoms with Crippen LogP contribution in [0.4, 0.5) is 13.2 Å². The predicted molar refractivity (Wildman–Crippen MR) is 57.2 cm³/mol. The SMILES string of the molecule is NC/C=C/c1ccc(C(F)(F)F)cc1Br. The van der Waals surface area contributed by atoms with Crippen molar-refractivity contribution in [3.05, 3.63) is 39.9 Å². The number of hydrogen-bond donors (Lipinski definition) is 1. The maximum Gasteiger partial charge on any atom is 0.416 e. The summed E-state index contributed by atoms with van der Waals surface area (Å²) in [5.74, 6) is 0. The third-order valence-electron chi connectivity index (χ3n) is 1.76. The molecule has 0 amide bonds. The minimum absolute atomic E-state index is 0.355. The second-order valence-electron chi connectivity index (χ2n) is 2.87. The van der Waals surface area contributed by atoms with Crippen molar-refractivity contribution in [1.82, 2.24) is 0 Å². The van der Waals surface area contributed by atoms with Crippen molar-refractivity contribution < 1.29 is 13.2 Å². The van der Waals surface area contributed by atoms with Crippen molar-refractivity contribution in [2.45, 2.75) is 6.18 Å². The summed E-state index contributed by atoms with van der Waals surface area (Å²) in [6.07, 6.45) is -0.962. The molecule has 1 aromatic carbocycles. The fourth-order valence-electron chi connectivity index (χ4n) is 1.03. The van der Waals surface area contributed by atoms with Crippen molar-refractivity contribution in [3.63, 3.8) is 0 Å². The molecular weight excluding hydrogens is 271 g/mol. The molecule has 0 fully saturated rings. The molecule has 2 N–H and O–H groups in total.